The summed E-state index contributed by atoms with van der Waals surface area (Å²) in [6.07, 6.45) is 1.47. The maximum absolute atomic E-state index is 12.7. The van der Waals surface area contributed by atoms with Crippen LogP contribution >= 0.6 is 0 Å². The van der Waals surface area contributed by atoms with Gasteiger partial charge in [0, 0.05) is 11.1 Å². The molecule has 0 aliphatic rings. The lowest BCUT2D eigenvalue weighted by atomic mass is 10.2. The van der Waals surface area contributed by atoms with Crippen LogP contribution in [0.4, 0.5) is 17.2 Å². The molecule has 32 heavy (non-hydrogen) atoms. The standard InChI is InChI=1S/C25H21N5O2/c1-16-10-12-18(13-11-16)26-23-21(27-25(31)22-9-6-14-32-22)15-20-17(2)29-30(24(20)28-23)19-7-4-3-5-8-19/h3-15H,1-2H3,(H,26,28)(H,27,31). The van der Waals surface area contributed by atoms with Gasteiger partial charge in [-0.15, -0.1) is 0 Å². The van der Waals surface area contributed by atoms with Crippen molar-refractivity contribution in [3.63, 3.8) is 0 Å². The van der Waals surface area contributed by atoms with Crippen LogP contribution < -0.4 is 10.6 Å². The number of fused-ring (bicyclic) bond motifs is 1. The van der Waals surface area contributed by atoms with Crippen LogP contribution in [-0.4, -0.2) is 20.7 Å². The van der Waals surface area contributed by atoms with Crippen LogP contribution in [0.15, 0.2) is 83.5 Å². The average molecular weight is 423 g/mol. The first-order valence-corrected chi connectivity index (χ1v) is 10.2. The van der Waals surface area contributed by atoms with Gasteiger partial charge in [0.2, 0.25) is 0 Å². The number of carbonyl (C=O) groups is 1. The predicted molar refractivity (Wildman–Crippen MR) is 125 cm³/mol. The van der Waals surface area contributed by atoms with Gasteiger partial charge in [-0.2, -0.15) is 5.10 Å². The first-order chi connectivity index (χ1) is 15.6. The summed E-state index contributed by atoms with van der Waals surface area (Å²) < 4.78 is 7.05. The molecule has 0 radical (unpaired) electrons. The number of furan rings is 1. The number of benzene rings is 2. The van der Waals surface area contributed by atoms with Crippen LogP contribution in [0, 0.1) is 13.8 Å². The highest BCUT2D eigenvalue weighted by Gasteiger charge is 2.18. The number of aryl methyl sites for hydroxylation is 2. The molecule has 0 fully saturated rings. The van der Waals surface area contributed by atoms with Gasteiger partial charge in [-0.25, -0.2) is 9.67 Å². The Bertz CT molecular complexity index is 1390. The number of aromatic nitrogens is 3. The van der Waals surface area contributed by atoms with Crippen LogP contribution in [0.2, 0.25) is 0 Å². The molecule has 0 aliphatic carbocycles. The molecule has 0 spiro atoms. The zero-order chi connectivity index (χ0) is 22.1. The van der Waals surface area contributed by atoms with Crippen LogP contribution in [0.1, 0.15) is 21.8 Å². The van der Waals surface area contributed by atoms with Gasteiger partial charge in [0.15, 0.2) is 17.2 Å². The van der Waals surface area contributed by atoms with Gasteiger partial charge in [-0.1, -0.05) is 35.9 Å². The number of amides is 1. The molecule has 0 saturated carbocycles. The minimum atomic E-state index is -0.351. The van der Waals surface area contributed by atoms with Crippen molar-refractivity contribution in [3.8, 4) is 5.69 Å². The van der Waals surface area contributed by atoms with Crippen molar-refractivity contribution in [3.05, 3.63) is 96.1 Å². The Labute approximate surface area is 184 Å². The third kappa shape index (κ3) is 3.72. The summed E-state index contributed by atoms with van der Waals surface area (Å²) in [4.78, 5) is 17.6. The number of anilines is 3. The van der Waals surface area contributed by atoms with E-state index < -0.39 is 0 Å². The fourth-order valence-electron chi connectivity index (χ4n) is 3.49. The molecule has 2 N–H and O–H groups in total. The molecule has 1 amide bonds. The fourth-order valence-corrected chi connectivity index (χ4v) is 3.49. The summed E-state index contributed by atoms with van der Waals surface area (Å²) in [6.45, 7) is 3.96. The number of nitrogens with zero attached hydrogens (tertiary/aromatic N) is 3. The van der Waals surface area contributed by atoms with E-state index in [4.69, 9.17) is 9.40 Å². The van der Waals surface area contributed by atoms with E-state index in [1.54, 1.807) is 12.1 Å². The first kappa shape index (κ1) is 19.6. The van der Waals surface area contributed by atoms with E-state index in [1.807, 2.05) is 79.2 Å². The second kappa shape index (κ2) is 8.03. The molecule has 2 aromatic carbocycles. The molecule has 3 aromatic heterocycles. The van der Waals surface area contributed by atoms with E-state index in [0.29, 0.717) is 17.2 Å². The van der Waals surface area contributed by atoms with Crippen molar-refractivity contribution in [2.45, 2.75) is 13.8 Å². The van der Waals surface area contributed by atoms with Gasteiger partial charge in [-0.05, 0) is 56.3 Å². The summed E-state index contributed by atoms with van der Waals surface area (Å²) in [7, 11) is 0. The highest BCUT2D eigenvalue weighted by molar-refractivity contribution is 6.05. The largest absolute Gasteiger partial charge is 0.459 e. The molecule has 0 atom stereocenters. The Kier molecular flexibility index (Phi) is 4.91. The van der Waals surface area contributed by atoms with Crippen molar-refractivity contribution >= 4 is 34.1 Å². The van der Waals surface area contributed by atoms with Gasteiger partial charge in [-0.3, -0.25) is 4.79 Å². The highest BCUT2D eigenvalue weighted by Crippen LogP contribution is 2.31. The minimum absolute atomic E-state index is 0.225. The van der Waals surface area contributed by atoms with Crippen molar-refractivity contribution < 1.29 is 9.21 Å². The molecule has 0 aliphatic heterocycles. The second-order valence-corrected chi connectivity index (χ2v) is 7.51. The number of pyridine rings is 1. The lowest BCUT2D eigenvalue weighted by Crippen LogP contribution is -2.13. The van der Waals surface area contributed by atoms with Crippen molar-refractivity contribution in [1.82, 2.24) is 14.8 Å². The van der Waals surface area contributed by atoms with E-state index in [0.717, 1.165) is 28.0 Å². The average Bonchev–Trinajstić information content (AvgIpc) is 3.45. The SMILES string of the molecule is Cc1ccc(Nc2nc3c(cc2NC(=O)c2ccco2)c(C)nn3-c2ccccc2)cc1. The lowest BCUT2D eigenvalue weighted by molar-refractivity contribution is 0.0996. The molecule has 0 bridgehead atoms. The molecule has 0 saturated heterocycles. The molecule has 0 unspecified atom stereocenters. The van der Waals surface area contributed by atoms with Crippen molar-refractivity contribution in [2.24, 2.45) is 0 Å². The quantitative estimate of drug-likeness (QED) is 0.383. The summed E-state index contributed by atoms with van der Waals surface area (Å²) >= 11 is 0. The molecular weight excluding hydrogens is 402 g/mol. The van der Waals surface area contributed by atoms with Crippen LogP contribution in [0.5, 0.6) is 0 Å². The Morgan fingerprint density at radius 2 is 1.75 bits per heavy atom. The van der Waals surface area contributed by atoms with Gasteiger partial charge in [0.05, 0.1) is 23.3 Å². The van der Waals surface area contributed by atoms with E-state index in [1.165, 1.54) is 6.26 Å². The molecule has 7 heteroatoms. The summed E-state index contributed by atoms with van der Waals surface area (Å²) in [6, 6.07) is 23.0. The Morgan fingerprint density at radius 1 is 0.969 bits per heavy atom. The van der Waals surface area contributed by atoms with E-state index in [2.05, 4.69) is 15.7 Å². The van der Waals surface area contributed by atoms with Crippen LogP contribution in [0.3, 0.4) is 0 Å². The number of hydrogen-bond acceptors (Lipinski definition) is 5. The minimum Gasteiger partial charge on any atom is -0.459 e. The van der Waals surface area contributed by atoms with Crippen molar-refractivity contribution in [2.75, 3.05) is 10.6 Å². The molecule has 5 rings (SSSR count). The normalized spacial score (nSPS) is 10.9. The van der Waals surface area contributed by atoms with Gasteiger partial charge >= 0.3 is 0 Å². The van der Waals surface area contributed by atoms with Crippen LogP contribution in [0.25, 0.3) is 16.7 Å². The van der Waals surface area contributed by atoms with E-state index in [-0.39, 0.29) is 11.7 Å². The molecule has 5 aromatic rings. The van der Waals surface area contributed by atoms with Gasteiger partial charge in [0.25, 0.3) is 5.91 Å². The molecule has 3 heterocycles. The fraction of sp³-hybridized carbons (Fsp3) is 0.0800. The maximum atomic E-state index is 12.7. The third-order valence-electron chi connectivity index (χ3n) is 5.15. The molecule has 7 nitrogen and oxygen atoms in total. The Balaban J connectivity index is 1.63. The van der Waals surface area contributed by atoms with E-state index >= 15 is 0 Å². The van der Waals surface area contributed by atoms with Crippen LogP contribution in [-0.2, 0) is 0 Å². The number of rotatable bonds is 5. The third-order valence-corrected chi connectivity index (χ3v) is 5.15. The Morgan fingerprint density at radius 3 is 2.47 bits per heavy atom. The second-order valence-electron chi connectivity index (χ2n) is 7.51. The number of nitrogens with one attached hydrogen (secondary N) is 2. The molecular formula is C25H21N5O2. The molecule has 158 valence electrons. The summed E-state index contributed by atoms with van der Waals surface area (Å²) in [5, 5.41) is 11.8. The highest BCUT2D eigenvalue weighted by atomic mass is 16.3. The zero-order valence-corrected chi connectivity index (χ0v) is 17.7. The lowest BCUT2D eigenvalue weighted by Gasteiger charge is -2.13. The smallest absolute Gasteiger partial charge is 0.291 e. The number of hydrogen-bond donors (Lipinski definition) is 2. The zero-order valence-electron chi connectivity index (χ0n) is 17.7. The number of carbonyl (C=O) groups excluding carboxylic acids is 1. The van der Waals surface area contributed by atoms with E-state index in [9.17, 15) is 4.79 Å². The first-order valence-electron chi connectivity index (χ1n) is 10.2. The summed E-state index contributed by atoms with van der Waals surface area (Å²) in [5.41, 5.74) is 4.97. The Hall–Kier alpha value is -4.39. The van der Waals surface area contributed by atoms with Gasteiger partial charge < -0.3 is 15.1 Å². The number of para-hydroxylation sites is 1. The monoisotopic (exact) mass is 423 g/mol. The van der Waals surface area contributed by atoms with Crippen molar-refractivity contribution in [1.29, 1.82) is 0 Å². The predicted octanol–water partition coefficient (Wildman–Crippen LogP) is 5.63. The summed E-state index contributed by atoms with van der Waals surface area (Å²) in [5.74, 6) is 0.387. The topological polar surface area (TPSA) is 85.0 Å². The van der Waals surface area contributed by atoms with Gasteiger partial charge in [0.1, 0.15) is 0 Å². The maximum Gasteiger partial charge on any atom is 0.291 e.